The van der Waals surface area contributed by atoms with Crippen LogP contribution in [0.25, 0.3) is 23.0 Å². The summed E-state index contributed by atoms with van der Waals surface area (Å²) in [5, 5.41) is 7.66. The Balaban J connectivity index is 1.16. The van der Waals surface area contributed by atoms with E-state index in [1.54, 1.807) is 36.4 Å². The van der Waals surface area contributed by atoms with E-state index in [0.717, 1.165) is 0 Å². The zero-order valence-corrected chi connectivity index (χ0v) is 17.4. The topological polar surface area (TPSA) is 144 Å². The van der Waals surface area contributed by atoms with Crippen LogP contribution < -0.4 is 0 Å². The SMILES string of the molecule is O=C(OCc1cc(-c2ccco2)on1)c1cccc(C(=O)OCc2cc(-c3ccco3)on2)n1. The van der Waals surface area contributed by atoms with E-state index in [1.165, 1.54) is 30.7 Å². The third-order valence-electron chi connectivity index (χ3n) is 4.52. The van der Waals surface area contributed by atoms with E-state index >= 15 is 0 Å². The largest absolute Gasteiger partial charge is 0.461 e. The van der Waals surface area contributed by atoms with Gasteiger partial charge in [-0.1, -0.05) is 16.4 Å². The maximum absolute atomic E-state index is 12.4. The quantitative estimate of drug-likeness (QED) is 0.305. The molecule has 5 rings (SSSR count). The van der Waals surface area contributed by atoms with Crippen LogP contribution >= 0.6 is 0 Å². The lowest BCUT2D eigenvalue weighted by molar-refractivity contribution is 0.0448. The van der Waals surface area contributed by atoms with Gasteiger partial charge < -0.3 is 27.4 Å². The molecule has 0 bridgehead atoms. The Morgan fingerprint density at radius 3 is 1.62 bits per heavy atom. The van der Waals surface area contributed by atoms with Gasteiger partial charge in [0.1, 0.15) is 36.0 Å². The standard InChI is InChI=1S/C23H15N3O8/c27-22(31-12-14-10-20(33-25-14)18-6-2-8-29-18)16-4-1-5-17(24-16)23(28)32-13-15-11-21(34-26-15)19-7-3-9-30-19/h1-11H,12-13H2. The Morgan fingerprint density at radius 2 is 1.18 bits per heavy atom. The van der Waals surface area contributed by atoms with E-state index < -0.39 is 11.9 Å². The number of ether oxygens (including phenoxy) is 2. The summed E-state index contributed by atoms with van der Waals surface area (Å²) in [5.41, 5.74) is 0.644. The predicted molar refractivity (Wildman–Crippen MR) is 111 cm³/mol. The van der Waals surface area contributed by atoms with Crippen LogP contribution in [-0.2, 0) is 22.7 Å². The van der Waals surface area contributed by atoms with Crippen LogP contribution in [0.1, 0.15) is 32.4 Å². The number of carbonyl (C=O) groups is 2. The van der Waals surface area contributed by atoms with Crippen molar-refractivity contribution in [3.05, 3.63) is 89.9 Å². The van der Waals surface area contributed by atoms with Crippen LogP contribution in [0.4, 0.5) is 0 Å². The van der Waals surface area contributed by atoms with Crippen molar-refractivity contribution >= 4 is 11.9 Å². The summed E-state index contributed by atoms with van der Waals surface area (Å²) in [7, 11) is 0. The first kappa shape index (κ1) is 20.9. The van der Waals surface area contributed by atoms with Crippen LogP contribution in [0.15, 0.2) is 85.0 Å². The molecule has 0 spiro atoms. The molecule has 0 aliphatic rings. The van der Waals surface area contributed by atoms with Crippen molar-refractivity contribution in [3.63, 3.8) is 0 Å². The number of furan rings is 2. The molecule has 0 fully saturated rings. The van der Waals surface area contributed by atoms with Gasteiger partial charge in [-0.25, -0.2) is 14.6 Å². The summed E-state index contributed by atoms with van der Waals surface area (Å²) in [6, 6.07) is 14.4. The molecule has 0 saturated heterocycles. The Labute approximate surface area is 190 Å². The van der Waals surface area contributed by atoms with Gasteiger partial charge in [0.15, 0.2) is 11.5 Å². The molecule has 0 saturated carbocycles. The van der Waals surface area contributed by atoms with Gasteiger partial charge in [-0.05, 0) is 36.4 Å². The number of rotatable bonds is 8. The first-order valence-corrected chi connectivity index (χ1v) is 9.96. The van der Waals surface area contributed by atoms with Gasteiger partial charge in [-0.2, -0.15) is 0 Å². The third kappa shape index (κ3) is 4.63. The molecule has 0 aliphatic heterocycles. The summed E-state index contributed by atoms with van der Waals surface area (Å²) in [6.07, 6.45) is 3.01. The molecule has 11 nitrogen and oxygen atoms in total. The second-order valence-corrected chi connectivity index (χ2v) is 6.88. The van der Waals surface area contributed by atoms with Crippen LogP contribution in [0.3, 0.4) is 0 Å². The smallest absolute Gasteiger partial charge is 0.357 e. The van der Waals surface area contributed by atoms with Gasteiger partial charge in [0.25, 0.3) is 0 Å². The lowest BCUT2D eigenvalue weighted by Gasteiger charge is -2.05. The second kappa shape index (κ2) is 9.28. The van der Waals surface area contributed by atoms with Gasteiger partial charge in [0.05, 0.1) is 12.5 Å². The molecule has 11 heteroatoms. The van der Waals surface area contributed by atoms with Gasteiger partial charge in [-0.3, -0.25) is 0 Å². The predicted octanol–water partition coefficient (Wildman–Crippen LogP) is 4.29. The monoisotopic (exact) mass is 461 g/mol. The van der Waals surface area contributed by atoms with Gasteiger partial charge in [-0.15, -0.1) is 0 Å². The van der Waals surface area contributed by atoms with Crippen molar-refractivity contribution in [2.75, 3.05) is 0 Å². The minimum Gasteiger partial charge on any atom is -0.461 e. The average Bonchev–Trinajstić information content (AvgIpc) is 3.67. The van der Waals surface area contributed by atoms with E-state index in [4.69, 9.17) is 27.4 Å². The van der Waals surface area contributed by atoms with Gasteiger partial charge >= 0.3 is 11.9 Å². The molecule has 0 N–H and O–H groups in total. The summed E-state index contributed by atoms with van der Waals surface area (Å²) < 4.78 is 31.2. The van der Waals surface area contributed by atoms with Crippen molar-refractivity contribution < 1.29 is 36.9 Å². The van der Waals surface area contributed by atoms with Crippen LogP contribution in [0.2, 0.25) is 0 Å². The number of hydrogen-bond donors (Lipinski definition) is 0. The highest BCUT2D eigenvalue weighted by atomic mass is 16.5. The number of carbonyl (C=O) groups excluding carboxylic acids is 2. The summed E-state index contributed by atoms with van der Waals surface area (Å²) in [6.45, 7) is -0.298. The van der Waals surface area contributed by atoms with E-state index in [0.29, 0.717) is 34.4 Å². The van der Waals surface area contributed by atoms with Crippen LogP contribution in [0, 0.1) is 0 Å². The van der Waals surface area contributed by atoms with Crippen molar-refractivity contribution in [2.45, 2.75) is 13.2 Å². The first-order valence-electron chi connectivity index (χ1n) is 9.96. The number of pyridine rings is 1. The Hall–Kier alpha value is -4.93. The highest BCUT2D eigenvalue weighted by molar-refractivity contribution is 5.91. The highest BCUT2D eigenvalue weighted by Crippen LogP contribution is 2.22. The average molecular weight is 461 g/mol. The number of esters is 2. The molecule has 0 atom stereocenters. The Morgan fingerprint density at radius 1 is 0.676 bits per heavy atom. The third-order valence-corrected chi connectivity index (χ3v) is 4.52. The molecule has 0 aromatic carbocycles. The minimum absolute atomic E-state index is 0.0641. The molecule has 0 aliphatic carbocycles. The number of nitrogens with zero attached hydrogens (tertiary/aromatic N) is 3. The fraction of sp³-hybridized carbons (Fsp3) is 0.0870. The zero-order chi connectivity index (χ0) is 23.3. The maximum atomic E-state index is 12.4. The number of hydrogen-bond acceptors (Lipinski definition) is 11. The normalized spacial score (nSPS) is 10.8. The highest BCUT2D eigenvalue weighted by Gasteiger charge is 2.17. The molecule has 5 heterocycles. The minimum atomic E-state index is -0.739. The number of aromatic nitrogens is 3. The molecule has 170 valence electrons. The molecule has 5 aromatic heterocycles. The fourth-order valence-electron chi connectivity index (χ4n) is 2.92. The van der Waals surface area contributed by atoms with Crippen LogP contribution in [-0.4, -0.2) is 27.2 Å². The molecular weight excluding hydrogens is 446 g/mol. The van der Waals surface area contributed by atoms with Crippen molar-refractivity contribution in [1.82, 2.24) is 15.3 Å². The van der Waals surface area contributed by atoms with Crippen molar-refractivity contribution in [1.29, 1.82) is 0 Å². The zero-order valence-electron chi connectivity index (χ0n) is 17.4. The van der Waals surface area contributed by atoms with E-state index in [1.807, 2.05) is 0 Å². The Bertz CT molecular complexity index is 1300. The summed E-state index contributed by atoms with van der Waals surface area (Å²) >= 11 is 0. The fourth-order valence-corrected chi connectivity index (χ4v) is 2.92. The Kier molecular flexibility index (Phi) is 5.72. The van der Waals surface area contributed by atoms with E-state index in [2.05, 4.69) is 15.3 Å². The molecule has 0 unspecified atom stereocenters. The molecule has 5 aromatic rings. The van der Waals surface area contributed by atoms with Crippen molar-refractivity contribution in [2.24, 2.45) is 0 Å². The second-order valence-electron chi connectivity index (χ2n) is 6.88. The van der Waals surface area contributed by atoms with Gasteiger partial charge in [0.2, 0.25) is 11.5 Å². The molecule has 34 heavy (non-hydrogen) atoms. The lowest BCUT2D eigenvalue weighted by atomic mass is 10.3. The molecule has 0 amide bonds. The summed E-state index contributed by atoms with van der Waals surface area (Å²) in [4.78, 5) is 28.8. The lowest BCUT2D eigenvalue weighted by Crippen LogP contribution is -2.13. The van der Waals surface area contributed by atoms with E-state index in [9.17, 15) is 9.59 Å². The first-order chi connectivity index (χ1) is 16.7. The van der Waals surface area contributed by atoms with Gasteiger partial charge in [0, 0.05) is 12.1 Å². The molecular formula is C23H15N3O8. The van der Waals surface area contributed by atoms with E-state index in [-0.39, 0.29) is 24.6 Å². The summed E-state index contributed by atoms with van der Waals surface area (Å²) in [5.74, 6) is 0.333. The van der Waals surface area contributed by atoms with Crippen LogP contribution in [0.5, 0.6) is 0 Å². The van der Waals surface area contributed by atoms with Crippen molar-refractivity contribution in [3.8, 4) is 23.0 Å². The molecule has 0 radical (unpaired) electrons. The maximum Gasteiger partial charge on any atom is 0.357 e.